The van der Waals surface area contributed by atoms with Crippen molar-refractivity contribution in [3.63, 3.8) is 0 Å². The van der Waals surface area contributed by atoms with E-state index in [-0.39, 0.29) is 35.9 Å². The predicted octanol–water partition coefficient (Wildman–Crippen LogP) is 3.53. The van der Waals surface area contributed by atoms with Gasteiger partial charge in [0.15, 0.2) is 5.78 Å². The van der Waals surface area contributed by atoms with Crippen molar-refractivity contribution in [2.24, 2.45) is 0 Å². The standard InChI is InChI=1S/C13H14BrClF3NO2/c14-9-1-2-10(11(15)7-9)12(21)3-4-19(5-6-20)8-13(16,17)18/h1-2,7,20H,3-6,8H2. The van der Waals surface area contributed by atoms with Gasteiger partial charge < -0.3 is 5.11 Å². The van der Waals surface area contributed by atoms with Crippen LogP contribution in [0.2, 0.25) is 5.02 Å². The fourth-order valence-electron chi connectivity index (χ4n) is 1.77. The maximum Gasteiger partial charge on any atom is 0.401 e. The topological polar surface area (TPSA) is 40.5 Å². The van der Waals surface area contributed by atoms with Crippen molar-refractivity contribution in [1.29, 1.82) is 0 Å². The van der Waals surface area contributed by atoms with Crippen LogP contribution in [0.5, 0.6) is 0 Å². The van der Waals surface area contributed by atoms with Crippen molar-refractivity contribution < 1.29 is 23.1 Å². The van der Waals surface area contributed by atoms with Crippen LogP contribution in [-0.4, -0.2) is 48.2 Å². The van der Waals surface area contributed by atoms with Crippen LogP contribution in [0.1, 0.15) is 16.8 Å². The molecule has 0 radical (unpaired) electrons. The zero-order valence-corrected chi connectivity index (χ0v) is 13.3. The van der Waals surface area contributed by atoms with Gasteiger partial charge in [0.2, 0.25) is 0 Å². The molecule has 1 aromatic carbocycles. The monoisotopic (exact) mass is 387 g/mol. The van der Waals surface area contributed by atoms with Crippen molar-refractivity contribution >= 4 is 33.3 Å². The van der Waals surface area contributed by atoms with Crippen LogP contribution in [0.4, 0.5) is 13.2 Å². The van der Waals surface area contributed by atoms with Gasteiger partial charge in [0.05, 0.1) is 18.2 Å². The SMILES string of the molecule is O=C(CCN(CCO)CC(F)(F)F)c1ccc(Br)cc1Cl. The van der Waals surface area contributed by atoms with E-state index in [4.69, 9.17) is 16.7 Å². The summed E-state index contributed by atoms with van der Waals surface area (Å²) in [5, 5.41) is 9.02. The Morgan fingerprint density at radius 2 is 2.00 bits per heavy atom. The minimum atomic E-state index is -4.37. The van der Waals surface area contributed by atoms with Crippen molar-refractivity contribution in [3.8, 4) is 0 Å². The molecular weight excluding hydrogens is 374 g/mol. The molecule has 1 aromatic rings. The number of hydrogen-bond donors (Lipinski definition) is 1. The van der Waals surface area contributed by atoms with Gasteiger partial charge in [0, 0.05) is 29.5 Å². The predicted molar refractivity (Wildman–Crippen MR) is 77.7 cm³/mol. The lowest BCUT2D eigenvalue weighted by atomic mass is 10.1. The van der Waals surface area contributed by atoms with E-state index in [2.05, 4.69) is 15.9 Å². The number of carbonyl (C=O) groups is 1. The van der Waals surface area contributed by atoms with E-state index in [1.165, 1.54) is 6.07 Å². The molecule has 0 saturated heterocycles. The molecule has 0 saturated carbocycles. The second kappa shape index (κ2) is 8.12. The van der Waals surface area contributed by atoms with Crippen molar-refractivity contribution in [2.45, 2.75) is 12.6 Å². The molecule has 1 N–H and O–H groups in total. The van der Waals surface area contributed by atoms with E-state index >= 15 is 0 Å². The van der Waals surface area contributed by atoms with Gasteiger partial charge >= 0.3 is 6.18 Å². The van der Waals surface area contributed by atoms with Crippen LogP contribution in [0.25, 0.3) is 0 Å². The molecule has 0 aliphatic rings. The first-order valence-electron chi connectivity index (χ1n) is 6.11. The van der Waals surface area contributed by atoms with Gasteiger partial charge in [0.1, 0.15) is 0 Å². The quantitative estimate of drug-likeness (QED) is 0.727. The molecule has 1 rings (SSSR count). The number of hydrogen-bond acceptors (Lipinski definition) is 3. The maximum absolute atomic E-state index is 12.4. The number of rotatable bonds is 7. The third-order valence-electron chi connectivity index (χ3n) is 2.71. The average molecular weight is 389 g/mol. The second-order valence-electron chi connectivity index (χ2n) is 4.41. The Bertz CT molecular complexity index is 497. The summed E-state index contributed by atoms with van der Waals surface area (Å²) in [6, 6.07) is 4.71. The molecule has 0 amide bonds. The van der Waals surface area contributed by atoms with Crippen LogP contribution in [0.15, 0.2) is 22.7 Å². The fraction of sp³-hybridized carbons (Fsp3) is 0.462. The molecule has 8 heteroatoms. The minimum absolute atomic E-state index is 0.0920. The summed E-state index contributed by atoms with van der Waals surface area (Å²) >= 11 is 9.13. The van der Waals surface area contributed by atoms with E-state index < -0.39 is 19.3 Å². The number of nitrogens with zero attached hydrogens (tertiary/aromatic N) is 1. The van der Waals surface area contributed by atoms with Gasteiger partial charge in [-0.15, -0.1) is 0 Å². The summed E-state index contributed by atoms with van der Waals surface area (Å²) in [6.07, 6.45) is -4.47. The van der Waals surface area contributed by atoms with Gasteiger partial charge in [-0.2, -0.15) is 13.2 Å². The van der Waals surface area contributed by atoms with Crippen LogP contribution in [0, 0.1) is 0 Å². The highest BCUT2D eigenvalue weighted by molar-refractivity contribution is 9.10. The fourth-order valence-corrected chi connectivity index (χ4v) is 2.55. The number of aliphatic hydroxyl groups excluding tert-OH is 1. The summed E-state index contributed by atoms with van der Waals surface area (Å²) in [5.41, 5.74) is 0.274. The van der Waals surface area contributed by atoms with Crippen LogP contribution >= 0.6 is 27.5 Å². The van der Waals surface area contributed by atoms with Crippen LogP contribution in [-0.2, 0) is 0 Å². The molecule has 0 spiro atoms. The Morgan fingerprint density at radius 3 is 2.52 bits per heavy atom. The third-order valence-corrected chi connectivity index (χ3v) is 3.51. The van der Waals surface area contributed by atoms with Crippen molar-refractivity contribution in [1.82, 2.24) is 4.90 Å². The lowest BCUT2D eigenvalue weighted by molar-refractivity contribution is -0.146. The summed E-state index contributed by atoms with van der Waals surface area (Å²) in [4.78, 5) is 13.0. The number of aliphatic hydroxyl groups is 1. The highest BCUT2D eigenvalue weighted by Gasteiger charge is 2.30. The highest BCUT2D eigenvalue weighted by Crippen LogP contribution is 2.23. The summed E-state index contributed by atoms with van der Waals surface area (Å²) in [6.45, 7) is -1.79. The molecule has 0 fully saturated rings. The summed E-state index contributed by atoms with van der Waals surface area (Å²) < 4.78 is 37.8. The molecule has 0 aliphatic carbocycles. The van der Waals surface area contributed by atoms with E-state index in [1.807, 2.05) is 0 Å². The Labute approximate surface area is 133 Å². The van der Waals surface area contributed by atoms with Gasteiger partial charge in [-0.25, -0.2) is 0 Å². The minimum Gasteiger partial charge on any atom is -0.395 e. The van der Waals surface area contributed by atoms with Gasteiger partial charge in [0.25, 0.3) is 0 Å². The molecular formula is C13H14BrClF3NO2. The number of ketones is 1. The van der Waals surface area contributed by atoms with Crippen molar-refractivity contribution in [2.75, 3.05) is 26.2 Å². The van der Waals surface area contributed by atoms with Gasteiger partial charge in [-0.1, -0.05) is 27.5 Å². The van der Waals surface area contributed by atoms with Gasteiger partial charge in [-0.3, -0.25) is 9.69 Å². The zero-order valence-electron chi connectivity index (χ0n) is 11.0. The Hall–Kier alpha value is -0.630. The van der Waals surface area contributed by atoms with Crippen LogP contribution < -0.4 is 0 Å². The first-order valence-corrected chi connectivity index (χ1v) is 7.28. The molecule has 0 heterocycles. The van der Waals surface area contributed by atoms with E-state index in [0.29, 0.717) is 4.47 Å². The first-order chi connectivity index (χ1) is 9.73. The zero-order chi connectivity index (χ0) is 16.0. The lowest BCUT2D eigenvalue weighted by Crippen LogP contribution is -2.37. The second-order valence-corrected chi connectivity index (χ2v) is 5.74. The van der Waals surface area contributed by atoms with E-state index in [9.17, 15) is 18.0 Å². The molecule has 3 nitrogen and oxygen atoms in total. The molecule has 0 atom stereocenters. The third kappa shape index (κ3) is 6.78. The molecule has 0 aromatic heterocycles. The Morgan fingerprint density at radius 1 is 1.33 bits per heavy atom. The molecule has 0 aliphatic heterocycles. The number of Topliss-reactive ketones (excluding diaryl/α,β-unsaturated/α-hetero) is 1. The molecule has 118 valence electrons. The first kappa shape index (κ1) is 18.4. The van der Waals surface area contributed by atoms with Crippen LogP contribution in [0.3, 0.4) is 0 Å². The maximum atomic E-state index is 12.4. The summed E-state index contributed by atoms with van der Waals surface area (Å²) in [5.74, 6) is -0.336. The van der Waals surface area contributed by atoms with E-state index in [1.54, 1.807) is 12.1 Å². The Kier molecular flexibility index (Phi) is 7.12. The Balaban J connectivity index is 2.64. The number of carbonyl (C=O) groups excluding carboxylic acids is 1. The number of halogens is 5. The molecule has 0 bridgehead atoms. The molecule has 21 heavy (non-hydrogen) atoms. The van der Waals surface area contributed by atoms with E-state index in [0.717, 1.165) is 4.90 Å². The smallest absolute Gasteiger partial charge is 0.395 e. The van der Waals surface area contributed by atoms with Crippen molar-refractivity contribution in [3.05, 3.63) is 33.3 Å². The lowest BCUT2D eigenvalue weighted by Gasteiger charge is -2.22. The number of benzene rings is 1. The largest absolute Gasteiger partial charge is 0.401 e. The molecule has 0 unspecified atom stereocenters. The van der Waals surface area contributed by atoms with Gasteiger partial charge in [-0.05, 0) is 18.2 Å². The number of alkyl halides is 3. The normalized spacial score (nSPS) is 12.0. The summed E-state index contributed by atoms with van der Waals surface area (Å²) in [7, 11) is 0. The highest BCUT2D eigenvalue weighted by atomic mass is 79.9. The average Bonchev–Trinajstić information content (AvgIpc) is 2.34.